The van der Waals surface area contributed by atoms with Crippen molar-refractivity contribution in [1.82, 2.24) is 4.90 Å². The summed E-state index contributed by atoms with van der Waals surface area (Å²) < 4.78 is 0. The molecule has 1 aromatic carbocycles. The Kier molecular flexibility index (Phi) is 4.43. The van der Waals surface area contributed by atoms with Crippen molar-refractivity contribution in [1.29, 1.82) is 0 Å². The number of likely N-dealkylation sites (tertiary alicyclic amines) is 1. The van der Waals surface area contributed by atoms with E-state index < -0.39 is 6.10 Å². The molecule has 0 radical (unpaired) electrons. The Morgan fingerprint density at radius 1 is 1.32 bits per heavy atom. The summed E-state index contributed by atoms with van der Waals surface area (Å²) in [4.78, 5) is 15.8. The second-order valence-electron chi connectivity index (χ2n) is 5.18. The van der Waals surface area contributed by atoms with E-state index in [1.807, 2.05) is 18.2 Å². The minimum absolute atomic E-state index is 0.152. The number of rotatable bonds is 3. The fourth-order valence-corrected chi connectivity index (χ4v) is 2.61. The Morgan fingerprint density at radius 2 is 1.89 bits per heavy atom. The SMILES string of the molecule is CC(O)C(=O)N1CCC(N(C)c2ccccc2)CC1. The van der Waals surface area contributed by atoms with Crippen molar-refractivity contribution in [2.45, 2.75) is 31.9 Å². The monoisotopic (exact) mass is 262 g/mol. The number of aliphatic hydroxyl groups is 1. The van der Waals surface area contributed by atoms with Crippen LogP contribution in [0.2, 0.25) is 0 Å². The van der Waals surface area contributed by atoms with E-state index >= 15 is 0 Å². The smallest absolute Gasteiger partial charge is 0.251 e. The summed E-state index contributed by atoms with van der Waals surface area (Å²) in [5.74, 6) is -0.152. The zero-order chi connectivity index (χ0) is 13.8. The number of aliphatic hydroxyl groups excluding tert-OH is 1. The van der Waals surface area contributed by atoms with Gasteiger partial charge in [-0.05, 0) is 31.9 Å². The number of nitrogens with zero attached hydrogens (tertiary/aromatic N) is 2. The number of benzene rings is 1. The molecule has 104 valence electrons. The van der Waals surface area contributed by atoms with Gasteiger partial charge in [-0.15, -0.1) is 0 Å². The lowest BCUT2D eigenvalue weighted by molar-refractivity contribution is -0.140. The highest BCUT2D eigenvalue weighted by molar-refractivity contribution is 5.80. The molecule has 1 amide bonds. The summed E-state index contributed by atoms with van der Waals surface area (Å²) in [7, 11) is 2.10. The maximum atomic E-state index is 11.7. The van der Waals surface area contributed by atoms with Gasteiger partial charge in [0, 0.05) is 31.9 Å². The lowest BCUT2D eigenvalue weighted by atomic mass is 10.0. The lowest BCUT2D eigenvalue weighted by Gasteiger charge is -2.38. The van der Waals surface area contributed by atoms with Crippen LogP contribution in [0.25, 0.3) is 0 Å². The normalized spacial score (nSPS) is 18.2. The molecule has 1 atom stereocenters. The molecular weight excluding hydrogens is 240 g/mol. The largest absolute Gasteiger partial charge is 0.384 e. The van der Waals surface area contributed by atoms with Gasteiger partial charge in [-0.2, -0.15) is 0 Å². The number of hydrogen-bond acceptors (Lipinski definition) is 3. The van der Waals surface area contributed by atoms with Crippen molar-refractivity contribution in [3.8, 4) is 0 Å². The van der Waals surface area contributed by atoms with Crippen LogP contribution in [0.4, 0.5) is 5.69 Å². The topological polar surface area (TPSA) is 43.8 Å². The molecule has 1 fully saturated rings. The molecule has 1 saturated heterocycles. The second-order valence-corrected chi connectivity index (χ2v) is 5.18. The summed E-state index contributed by atoms with van der Waals surface area (Å²) in [6, 6.07) is 10.8. The van der Waals surface area contributed by atoms with Gasteiger partial charge in [0.25, 0.3) is 5.91 Å². The Hall–Kier alpha value is -1.55. The minimum atomic E-state index is -0.886. The molecule has 19 heavy (non-hydrogen) atoms. The van der Waals surface area contributed by atoms with Crippen molar-refractivity contribution in [3.63, 3.8) is 0 Å². The Morgan fingerprint density at radius 3 is 2.42 bits per heavy atom. The number of carbonyl (C=O) groups excluding carboxylic acids is 1. The van der Waals surface area contributed by atoms with Gasteiger partial charge in [0.05, 0.1) is 0 Å². The van der Waals surface area contributed by atoms with Crippen LogP contribution in [-0.4, -0.2) is 48.2 Å². The average molecular weight is 262 g/mol. The van der Waals surface area contributed by atoms with Gasteiger partial charge in [0.15, 0.2) is 0 Å². The molecule has 0 bridgehead atoms. The van der Waals surface area contributed by atoms with E-state index in [0.717, 1.165) is 25.9 Å². The van der Waals surface area contributed by atoms with Crippen molar-refractivity contribution in [2.75, 3.05) is 25.0 Å². The van der Waals surface area contributed by atoms with E-state index in [0.29, 0.717) is 6.04 Å². The molecule has 4 nitrogen and oxygen atoms in total. The van der Waals surface area contributed by atoms with E-state index in [4.69, 9.17) is 0 Å². The summed E-state index contributed by atoms with van der Waals surface area (Å²) in [6.07, 6.45) is 1.01. The fraction of sp³-hybridized carbons (Fsp3) is 0.533. The third-order valence-corrected chi connectivity index (χ3v) is 3.84. The number of hydrogen-bond donors (Lipinski definition) is 1. The van der Waals surface area contributed by atoms with Crippen molar-refractivity contribution < 1.29 is 9.90 Å². The van der Waals surface area contributed by atoms with Crippen molar-refractivity contribution >= 4 is 11.6 Å². The summed E-state index contributed by atoms with van der Waals surface area (Å²) in [5, 5.41) is 9.32. The second kappa shape index (κ2) is 6.06. The molecule has 1 N–H and O–H groups in total. The summed E-state index contributed by atoms with van der Waals surface area (Å²) >= 11 is 0. The lowest BCUT2D eigenvalue weighted by Crippen LogP contribution is -2.48. The first-order valence-electron chi connectivity index (χ1n) is 6.84. The van der Waals surface area contributed by atoms with Gasteiger partial charge >= 0.3 is 0 Å². The Bertz CT molecular complexity index is 411. The average Bonchev–Trinajstić information content (AvgIpc) is 2.46. The minimum Gasteiger partial charge on any atom is -0.384 e. The molecule has 4 heteroatoms. The zero-order valence-corrected chi connectivity index (χ0v) is 11.6. The molecule has 1 unspecified atom stereocenters. The maximum absolute atomic E-state index is 11.7. The van der Waals surface area contributed by atoms with Gasteiger partial charge in [-0.25, -0.2) is 0 Å². The van der Waals surface area contributed by atoms with Crippen LogP contribution < -0.4 is 4.90 Å². The molecule has 1 aromatic rings. The van der Waals surface area contributed by atoms with Crippen LogP contribution in [0.15, 0.2) is 30.3 Å². The van der Waals surface area contributed by atoms with Crippen LogP contribution in [-0.2, 0) is 4.79 Å². The van der Waals surface area contributed by atoms with Gasteiger partial charge in [0.1, 0.15) is 6.10 Å². The summed E-state index contributed by atoms with van der Waals surface area (Å²) in [5.41, 5.74) is 1.21. The van der Waals surface area contributed by atoms with Crippen LogP contribution >= 0.6 is 0 Å². The summed E-state index contributed by atoms with van der Waals surface area (Å²) in [6.45, 7) is 2.99. The predicted octanol–water partition coefficient (Wildman–Crippen LogP) is 1.49. The van der Waals surface area contributed by atoms with E-state index in [2.05, 4.69) is 24.1 Å². The van der Waals surface area contributed by atoms with Gasteiger partial charge in [0.2, 0.25) is 0 Å². The molecule has 0 saturated carbocycles. The number of para-hydroxylation sites is 1. The first-order chi connectivity index (χ1) is 9.09. The number of carbonyl (C=O) groups is 1. The molecule has 0 aromatic heterocycles. The van der Waals surface area contributed by atoms with Gasteiger partial charge < -0.3 is 14.9 Å². The van der Waals surface area contributed by atoms with Crippen molar-refractivity contribution in [2.24, 2.45) is 0 Å². The quantitative estimate of drug-likeness (QED) is 0.897. The standard InChI is InChI=1S/C15H22N2O2/c1-12(18)15(19)17-10-8-14(9-11-17)16(2)13-6-4-3-5-7-13/h3-7,12,14,18H,8-11H2,1-2H3. The first kappa shape index (κ1) is 13.9. The Balaban J connectivity index is 1.91. The Labute approximate surface area is 114 Å². The van der Waals surface area contributed by atoms with Crippen LogP contribution in [0.5, 0.6) is 0 Å². The fourth-order valence-electron chi connectivity index (χ4n) is 2.61. The highest BCUT2D eigenvalue weighted by Crippen LogP contribution is 2.22. The number of amides is 1. The van der Waals surface area contributed by atoms with E-state index in [-0.39, 0.29) is 5.91 Å². The molecule has 0 spiro atoms. The predicted molar refractivity (Wildman–Crippen MR) is 76.1 cm³/mol. The van der Waals surface area contributed by atoms with E-state index in [9.17, 15) is 9.90 Å². The molecule has 0 aliphatic carbocycles. The number of anilines is 1. The molecule has 1 aliphatic rings. The highest BCUT2D eigenvalue weighted by Gasteiger charge is 2.26. The van der Waals surface area contributed by atoms with Gasteiger partial charge in [-0.3, -0.25) is 4.79 Å². The van der Waals surface area contributed by atoms with E-state index in [1.54, 1.807) is 4.90 Å². The van der Waals surface area contributed by atoms with Crippen LogP contribution in [0.1, 0.15) is 19.8 Å². The molecular formula is C15H22N2O2. The van der Waals surface area contributed by atoms with Gasteiger partial charge in [-0.1, -0.05) is 18.2 Å². The number of piperidine rings is 1. The molecule has 1 aliphatic heterocycles. The maximum Gasteiger partial charge on any atom is 0.251 e. The molecule has 2 rings (SSSR count). The highest BCUT2D eigenvalue weighted by atomic mass is 16.3. The first-order valence-corrected chi connectivity index (χ1v) is 6.84. The third-order valence-electron chi connectivity index (χ3n) is 3.84. The van der Waals surface area contributed by atoms with E-state index in [1.165, 1.54) is 12.6 Å². The molecule has 1 heterocycles. The van der Waals surface area contributed by atoms with Crippen molar-refractivity contribution in [3.05, 3.63) is 30.3 Å². The zero-order valence-electron chi connectivity index (χ0n) is 11.6. The third kappa shape index (κ3) is 3.26. The van der Waals surface area contributed by atoms with Crippen LogP contribution in [0, 0.1) is 0 Å². The van der Waals surface area contributed by atoms with Crippen LogP contribution in [0.3, 0.4) is 0 Å².